The third-order valence-corrected chi connectivity index (χ3v) is 18.2. The van der Waals surface area contributed by atoms with Crippen molar-refractivity contribution in [3.63, 3.8) is 0 Å². The normalized spacial score (nSPS) is 14.3. The largest absolute Gasteiger partial charge is 0.508 e. The van der Waals surface area contributed by atoms with Crippen molar-refractivity contribution < 1.29 is 5.11 Å². The summed E-state index contributed by atoms with van der Waals surface area (Å²) in [5, 5.41) is 12.7. The summed E-state index contributed by atoms with van der Waals surface area (Å²) in [5.74, 6) is 1.95. The molecule has 4 aromatic carbocycles. The molecule has 73 heavy (non-hydrogen) atoms. The SMILES string of the molecule is CCCCc1ccc(C(C)C(C)c2ccc(O)c(C(C)C(C)c3ccc(CCCC)c(CCCC)c3CCCC)c2C(C)C(C)c2ccc(CCCC)c(CCCC)c2CCCC)c(CCCC)c1CCCC. The molecule has 4 aromatic rings. The Kier molecular flexibility index (Phi) is 28.1. The van der Waals surface area contributed by atoms with E-state index in [2.05, 4.69) is 152 Å². The maximum Gasteiger partial charge on any atom is 0.119 e. The van der Waals surface area contributed by atoms with E-state index in [1.165, 1.54) is 183 Å². The number of aryl methyl sites for hydroxylation is 3. The average Bonchev–Trinajstić information content (AvgIpc) is 3.40. The van der Waals surface area contributed by atoms with E-state index in [-0.39, 0.29) is 29.6 Å². The molecule has 0 aromatic heterocycles. The molecule has 0 aliphatic rings. The van der Waals surface area contributed by atoms with Crippen LogP contribution in [0.1, 0.15) is 338 Å². The van der Waals surface area contributed by atoms with Crippen LogP contribution in [0, 0.1) is 0 Å². The van der Waals surface area contributed by atoms with Crippen LogP contribution in [-0.4, -0.2) is 5.11 Å². The summed E-state index contributed by atoms with van der Waals surface area (Å²) in [6, 6.07) is 19.8. The second-order valence-corrected chi connectivity index (χ2v) is 23.5. The molecule has 0 aliphatic carbocycles. The third kappa shape index (κ3) is 16.3. The molecule has 0 spiro atoms. The molecule has 6 unspecified atom stereocenters. The first-order valence-electron chi connectivity index (χ1n) is 31.6. The smallest absolute Gasteiger partial charge is 0.119 e. The Bertz CT molecular complexity index is 2200. The third-order valence-electron chi connectivity index (χ3n) is 18.2. The number of rotatable bonds is 36. The van der Waals surface area contributed by atoms with Gasteiger partial charge >= 0.3 is 0 Å². The molecular formula is C72H114O. The number of phenolic OH excluding ortho intramolecular Hbond substituents is 1. The van der Waals surface area contributed by atoms with E-state index in [1.54, 1.807) is 61.2 Å². The highest BCUT2D eigenvalue weighted by atomic mass is 16.3. The molecule has 4 rings (SSSR count). The van der Waals surface area contributed by atoms with Gasteiger partial charge in [-0.2, -0.15) is 0 Å². The lowest BCUT2D eigenvalue weighted by atomic mass is 9.69. The molecule has 1 N–H and O–H groups in total. The van der Waals surface area contributed by atoms with Gasteiger partial charge in [0.1, 0.15) is 5.75 Å². The maximum absolute atomic E-state index is 12.7. The fourth-order valence-electron chi connectivity index (χ4n) is 12.9. The fourth-order valence-corrected chi connectivity index (χ4v) is 12.9. The number of phenols is 1. The summed E-state index contributed by atoms with van der Waals surface area (Å²) in [6.07, 6.45) is 32.8. The minimum atomic E-state index is 0.128. The van der Waals surface area contributed by atoms with Gasteiger partial charge in [0.2, 0.25) is 0 Å². The lowest BCUT2D eigenvalue weighted by molar-refractivity contribution is 0.448. The van der Waals surface area contributed by atoms with Crippen molar-refractivity contribution in [2.75, 3.05) is 0 Å². The van der Waals surface area contributed by atoms with Gasteiger partial charge in [-0.3, -0.25) is 0 Å². The van der Waals surface area contributed by atoms with E-state index in [1.807, 2.05) is 0 Å². The minimum Gasteiger partial charge on any atom is -0.508 e. The molecule has 0 heterocycles. The Labute approximate surface area is 453 Å². The van der Waals surface area contributed by atoms with Gasteiger partial charge in [0.05, 0.1) is 0 Å². The average molecular weight is 996 g/mol. The van der Waals surface area contributed by atoms with Crippen LogP contribution in [-0.2, 0) is 57.8 Å². The number of hydrogen-bond donors (Lipinski definition) is 1. The first-order valence-corrected chi connectivity index (χ1v) is 31.6. The first kappa shape index (κ1) is 62.2. The number of unbranched alkanes of at least 4 members (excludes halogenated alkanes) is 9. The Morgan fingerprint density at radius 3 is 0.795 bits per heavy atom. The van der Waals surface area contributed by atoms with Crippen molar-refractivity contribution in [2.24, 2.45) is 0 Å². The molecule has 1 nitrogen and oxygen atoms in total. The summed E-state index contributed by atoms with van der Waals surface area (Å²) in [4.78, 5) is 0. The molecule has 0 aliphatic heterocycles. The molecule has 0 saturated heterocycles. The van der Waals surface area contributed by atoms with Gasteiger partial charge in [-0.1, -0.05) is 204 Å². The summed E-state index contributed by atoms with van der Waals surface area (Å²) >= 11 is 0. The number of aromatic hydroxyl groups is 1. The Morgan fingerprint density at radius 1 is 0.260 bits per heavy atom. The van der Waals surface area contributed by atoms with Gasteiger partial charge in [0.25, 0.3) is 0 Å². The van der Waals surface area contributed by atoms with Crippen LogP contribution in [0.4, 0.5) is 0 Å². The molecule has 1 heteroatoms. The zero-order valence-corrected chi connectivity index (χ0v) is 50.6. The van der Waals surface area contributed by atoms with E-state index in [0.29, 0.717) is 11.7 Å². The van der Waals surface area contributed by atoms with Crippen LogP contribution >= 0.6 is 0 Å². The molecule has 6 atom stereocenters. The molecular weight excluding hydrogens is 881 g/mol. The predicted octanol–water partition coefficient (Wildman–Crippen LogP) is 22.2. The quantitative estimate of drug-likeness (QED) is 0.0481. The van der Waals surface area contributed by atoms with Crippen molar-refractivity contribution in [3.05, 3.63) is 132 Å². The van der Waals surface area contributed by atoms with E-state index < -0.39 is 0 Å². The van der Waals surface area contributed by atoms with Crippen molar-refractivity contribution in [2.45, 2.75) is 313 Å². The maximum atomic E-state index is 12.7. The minimum absolute atomic E-state index is 0.128. The highest BCUT2D eigenvalue weighted by molar-refractivity contribution is 5.55. The Balaban J connectivity index is 2.08. The van der Waals surface area contributed by atoms with Crippen molar-refractivity contribution in [1.82, 2.24) is 0 Å². The van der Waals surface area contributed by atoms with Crippen molar-refractivity contribution in [1.29, 1.82) is 0 Å². The summed E-state index contributed by atoms with van der Waals surface area (Å²) in [7, 11) is 0. The molecule has 0 amide bonds. The van der Waals surface area contributed by atoms with E-state index in [4.69, 9.17) is 0 Å². The van der Waals surface area contributed by atoms with Gasteiger partial charge in [-0.15, -0.1) is 0 Å². The second-order valence-electron chi connectivity index (χ2n) is 23.5. The highest BCUT2D eigenvalue weighted by Crippen LogP contribution is 2.51. The van der Waals surface area contributed by atoms with Crippen LogP contribution < -0.4 is 0 Å². The lowest BCUT2D eigenvalue weighted by Crippen LogP contribution is -2.20. The molecule has 0 radical (unpaired) electrons. The summed E-state index contributed by atoms with van der Waals surface area (Å²) < 4.78 is 0. The van der Waals surface area contributed by atoms with Gasteiger partial charge in [-0.05, 0) is 235 Å². The van der Waals surface area contributed by atoms with Crippen molar-refractivity contribution in [3.8, 4) is 5.75 Å². The molecule has 408 valence electrons. The lowest BCUT2D eigenvalue weighted by Gasteiger charge is -2.36. The van der Waals surface area contributed by atoms with E-state index in [0.717, 1.165) is 12.8 Å². The summed E-state index contributed by atoms with van der Waals surface area (Å²) in [5.41, 5.74) is 23.5. The molecule has 0 bridgehead atoms. The first-order chi connectivity index (χ1) is 35.3. The fraction of sp³-hybridized carbons (Fsp3) is 0.667. The Hall–Kier alpha value is -3.32. The van der Waals surface area contributed by atoms with Crippen molar-refractivity contribution >= 4 is 0 Å². The van der Waals surface area contributed by atoms with Crippen LogP contribution in [0.25, 0.3) is 0 Å². The zero-order valence-electron chi connectivity index (χ0n) is 50.6. The van der Waals surface area contributed by atoms with Gasteiger partial charge in [0, 0.05) is 5.56 Å². The van der Waals surface area contributed by atoms with Gasteiger partial charge in [0.15, 0.2) is 0 Å². The Morgan fingerprint density at radius 2 is 0.493 bits per heavy atom. The van der Waals surface area contributed by atoms with Crippen LogP contribution in [0.2, 0.25) is 0 Å². The number of benzene rings is 4. The monoisotopic (exact) mass is 995 g/mol. The zero-order chi connectivity index (χ0) is 53.5. The van der Waals surface area contributed by atoms with Crippen LogP contribution in [0.3, 0.4) is 0 Å². The molecule has 0 fully saturated rings. The second kappa shape index (κ2) is 33.0. The van der Waals surface area contributed by atoms with Crippen LogP contribution in [0.5, 0.6) is 5.75 Å². The topological polar surface area (TPSA) is 20.2 Å². The summed E-state index contributed by atoms with van der Waals surface area (Å²) in [6.45, 7) is 36.4. The predicted molar refractivity (Wildman–Crippen MR) is 325 cm³/mol. The van der Waals surface area contributed by atoms with E-state index in [9.17, 15) is 5.11 Å². The standard InChI is InChI=1S/C72H114O/c1-16-25-34-57-43-46-60(67(40-31-22-7)64(57)37-28-19-4)51(10)52(11)63-49-50-70(73)72(56(15)54(13)62-48-45-59(36-27-18-3)66(39-30-21-6)69(62)42-33-24-9)71(63)55(14)53(12)61-47-44-58(35-26-17-2)65(38-29-20-5)68(61)41-32-23-8/h43-56,73H,16-42H2,1-15H3. The van der Waals surface area contributed by atoms with Crippen LogP contribution in [0.15, 0.2) is 48.5 Å². The van der Waals surface area contributed by atoms with E-state index >= 15 is 0 Å². The van der Waals surface area contributed by atoms with Gasteiger partial charge < -0.3 is 5.11 Å². The highest BCUT2D eigenvalue weighted by Gasteiger charge is 2.34. The molecule has 0 saturated carbocycles. The number of hydrogen-bond acceptors (Lipinski definition) is 1. The van der Waals surface area contributed by atoms with Gasteiger partial charge in [-0.25, -0.2) is 0 Å².